The number of thioether (sulfide) groups is 1. The highest BCUT2D eigenvalue weighted by molar-refractivity contribution is 8.16. The van der Waals surface area contributed by atoms with Gasteiger partial charge in [-0.05, 0) is 24.0 Å². The number of ether oxygens (including phenoxy) is 1. The number of carbonyl (C=O) groups excluding carboxylic acids is 3. The van der Waals surface area contributed by atoms with E-state index < -0.39 is 12.0 Å². The molecule has 10 heteroatoms. The number of nitrogens with zero attached hydrogens (tertiary/aromatic N) is 4. The predicted octanol–water partition coefficient (Wildman–Crippen LogP) is 3.17. The molecule has 0 N–H and O–H groups in total. The number of halogens is 1. The van der Waals surface area contributed by atoms with E-state index in [4.69, 9.17) is 16.3 Å². The predicted molar refractivity (Wildman–Crippen MR) is 127 cm³/mol. The van der Waals surface area contributed by atoms with Crippen LogP contribution in [-0.2, 0) is 19.1 Å². The Bertz CT molecular complexity index is 1090. The number of methoxy groups -OCH3 is 1. The molecule has 1 aromatic rings. The van der Waals surface area contributed by atoms with Gasteiger partial charge in [0, 0.05) is 43.8 Å². The summed E-state index contributed by atoms with van der Waals surface area (Å²) in [5.41, 5.74) is 2.44. The molecule has 3 heterocycles. The van der Waals surface area contributed by atoms with Gasteiger partial charge in [-0.1, -0.05) is 41.6 Å². The molecule has 8 nitrogen and oxygen atoms in total. The van der Waals surface area contributed by atoms with Gasteiger partial charge in [-0.25, -0.2) is 9.79 Å². The van der Waals surface area contributed by atoms with Gasteiger partial charge in [0.2, 0.25) is 11.8 Å². The van der Waals surface area contributed by atoms with Crippen LogP contribution in [0.5, 0.6) is 0 Å². The maximum absolute atomic E-state index is 13.1. The summed E-state index contributed by atoms with van der Waals surface area (Å²) in [4.78, 5) is 47.5. The van der Waals surface area contributed by atoms with Gasteiger partial charge in [0.15, 0.2) is 5.17 Å². The molecule has 1 unspecified atom stereocenters. The molecular weight excluding hydrogens is 464 g/mol. The van der Waals surface area contributed by atoms with E-state index in [9.17, 15) is 14.4 Å². The summed E-state index contributed by atoms with van der Waals surface area (Å²) in [6.45, 7) is 5.38. The lowest BCUT2D eigenvalue weighted by Crippen LogP contribution is -2.50. The second kappa shape index (κ2) is 9.61. The number of hydrogen-bond donors (Lipinski definition) is 0. The molecule has 1 fully saturated rings. The standard InChI is InChI=1S/C23H25ClN4O4S/c1-14-20(22(31)32-3)21(17-6-4-5-7-18(17)24)28-16(13-33-23(28)25-14)12-19(30)27-10-8-26(9-11-27)15(2)29/h4-7,13,21H,8-12H2,1-3H3. The van der Waals surface area contributed by atoms with E-state index in [0.29, 0.717) is 47.6 Å². The molecule has 3 aliphatic rings. The minimum atomic E-state index is -0.553. The molecule has 1 aromatic carbocycles. The molecule has 33 heavy (non-hydrogen) atoms. The highest BCUT2D eigenvalue weighted by Crippen LogP contribution is 2.46. The van der Waals surface area contributed by atoms with Gasteiger partial charge in [-0.2, -0.15) is 0 Å². The maximum atomic E-state index is 13.1. The Labute approximate surface area is 201 Å². The normalized spacial score (nSPS) is 20.4. The Balaban J connectivity index is 1.62. The van der Waals surface area contributed by atoms with E-state index in [-0.39, 0.29) is 18.2 Å². The Hall–Kier alpha value is -2.78. The third kappa shape index (κ3) is 4.52. The lowest BCUT2D eigenvalue weighted by Gasteiger charge is -2.38. The number of esters is 1. The first-order chi connectivity index (χ1) is 15.8. The number of amidine groups is 1. The topological polar surface area (TPSA) is 82.5 Å². The second-order valence-electron chi connectivity index (χ2n) is 7.97. The van der Waals surface area contributed by atoms with Crippen molar-refractivity contribution < 1.29 is 19.1 Å². The van der Waals surface area contributed by atoms with E-state index in [2.05, 4.69) is 4.99 Å². The first kappa shape index (κ1) is 23.4. The summed E-state index contributed by atoms with van der Waals surface area (Å²) in [5.74, 6) is -0.496. The zero-order valence-corrected chi connectivity index (χ0v) is 20.3. The molecule has 0 radical (unpaired) electrons. The molecule has 4 rings (SSSR count). The van der Waals surface area contributed by atoms with Crippen LogP contribution in [0.25, 0.3) is 0 Å². The Morgan fingerprint density at radius 2 is 1.82 bits per heavy atom. The number of aliphatic imine (C=N–C) groups is 1. The van der Waals surface area contributed by atoms with Crippen molar-refractivity contribution in [3.63, 3.8) is 0 Å². The van der Waals surface area contributed by atoms with Crippen LogP contribution in [-0.4, -0.2) is 70.9 Å². The van der Waals surface area contributed by atoms with Crippen LogP contribution in [0.15, 0.2) is 51.6 Å². The number of fused-ring (bicyclic) bond motifs is 1. The maximum Gasteiger partial charge on any atom is 0.338 e. The molecule has 1 saturated heterocycles. The summed E-state index contributed by atoms with van der Waals surface area (Å²) in [7, 11) is 1.34. The minimum absolute atomic E-state index is 0.0197. The summed E-state index contributed by atoms with van der Waals surface area (Å²) >= 11 is 7.97. The van der Waals surface area contributed by atoms with Crippen LogP contribution >= 0.6 is 23.4 Å². The molecule has 1 atom stereocenters. The monoisotopic (exact) mass is 488 g/mol. The molecule has 0 saturated carbocycles. The number of carbonyl (C=O) groups is 3. The van der Waals surface area contributed by atoms with E-state index in [1.54, 1.807) is 29.7 Å². The average Bonchev–Trinajstić information content (AvgIpc) is 3.20. The van der Waals surface area contributed by atoms with Crippen molar-refractivity contribution in [2.75, 3.05) is 33.3 Å². The van der Waals surface area contributed by atoms with Gasteiger partial charge in [0.25, 0.3) is 0 Å². The zero-order chi connectivity index (χ0) is 23.7. The fourth-order valence-electron chi connectivity index (χ4n) is 4.27. The van der Waals surface area contributed by atoms with Crippen molar-refractivity contribution in [1.29, 1.82) is 0 Å². The van der Waals surface area contributed by atoms with E-state index in [1.807, 2.05) is 28.5 Å². The average molecular weight is 489 g/mol. The van der Waals surface area contributed by atoms with Gasteiger partial charge in [0.05, 0.1) is 30.8 Å². The van der Waals surface area contributed by atoms with E-state index in [1.165, 1.54) is 18.9 Å². The number of hydrogen-bond acceptors (Lipinski definition) is 7. The summed E-state index contributed by atoms with van der Waals surface area (Å²) in [5, 5.41) is 3.11. The van der Waals surface area contributed by atoms with Crippen LogP contribution in [0.4, 0.5) is 0 Å². The van der Waals surface area contributed by atoms with Crippen molar-refractivity contribution in [2.24, 2.45) is 4.99 Å². The van der Waals surface area contributed by atoms with E-state index >= 15 is 0 Å². The molecule has 0 bridgehead atoms. The van der Waals surface area contributed by atoms with Gasteiger partial charge in [0.1, 0.15) is 0 Å². The number of benzene rings is 1. The Morgan fingerprint density at radius 3 is 2.45 bits per heavy atom. The molecule has 0 spiro atoms. The van der Waals surface area contributed by atoms with Crippen LogP contribution < -0.4 is 0 Å². The third-order valence-electron chi connectivity index (χ3n) is 6.02. The second-order valence-corrected chi connectivity index (χ2v) is 9.21. The molecular formula is C23H25ClN4O4S. The fraction of sp³-hybridized carbons (Fsp3) is 0.391. The third-order valence-corrected chi connectivity index (χ3v) is 7.25. The SMILES string of the molecule is COC(=O)C1=C(C)N=C2SC=C(CC(=O)N3CCN(C(C)=O)CC3)N2C1c1ccccc1Cl. The van der Waals surface area contributed by atoms with Crippen LogP contribution in [0.3, 0.4) is 0 Å². The van der Waals surface area contributed by atoms with E-state index in [0.717, 1.165) is 11.3 Å². The highest BCUT2D eigenvalue weighted by atomic mass is 35.5. The number of rotatable bonds is 4. The van der Waals surface area contributed by atoms with Crippen molar-refractivity contribution >= 4 is 46.3 Å². The minimum Gasteiger partial charge on any atom is -0.466 e. The van der Waals surface area contributed by atoms with Crippen molar-refractivity contribution in [3.05, 3.63) is 57.2 Å². The van der Waals surface area contributed by atoms with Crippen molar-refractivity contribution in [1.82, 2.24) is 14.7 Å². The molecule has 2 amide bonds. The van der Waals surface area contributed by atoms with Crippen LogP contribution in [0.2, 0.25) is 5.02 Å². The smallest absolute Gasteiger partial charge is 0.338 e. The lowest BCUT2D eigenvalue weighted by molar-refractivity contribution is -0.138. The number of allylic oxidation sites excluding steroid dienone is 1. The quantitative estimate of drug-likeness (QED) is 0.605. The van der Waals surface area contributed by atoms with Gasteiger partial charge in [-0.3, -0.25) is 9.59 Å². The summed E-state index contributed by atoms with van der Waals surface area (Å²) in [6, 6.07) is 6.79. The largest absolute Gasteiger partial charge is 0.466 e. The number of amides is 2. The molecule has 3 aliphatic heterocycles. The van der Waals surface area contributed by atoms with Gasteiger partial charge >= 0.3 is 5.97 Å². The highest BCUT2D eigenvalue weighted by Gasteiger charge is 2.42. The molecule has 0 aliphatic carbocycles. The van der Waals surface area contributed by atoms with Crippen LogP contribution in [0, 0.1) is 0 Å². The first-order valence-electron chi connectivity index (χ1n) is 10.6. The summed E-state index contributed by atoms with van der Waals surface area (Å²) in [6.07, 6.45) is 0.153. The lowest BCUT2D eigenvalue weighted by atomic mass is 9.93. The molecule has 0 aromatic heterocycles. The summed E-state index contributed by atoms with van der Waals surface area (Å²) < 4.78 is 5.07. The van der Waals surface area contributed by atoms with Gasteiger partial charge < -0.3 is 19.4 Å². The van der Waals surface area contributed by atoms with Crippen molar-refractivity contribution in [3.8, 4) is 0 Å². The Morgan fingerprint density at radius 1 is 1.15 bits per heavy atom. The zero-order valence-electron chi connectivity index (χ0n) is 18.7. The fourth-order valence-corrected chi connectivity index (χ4v) is 5.47. The first-order valence-corrected chi connectivity index (χ1v) is 11.9. The Kier molecular flexibility index (Phi) is 6.81. The van der Waals surface area contributed by atoms with Crippen LogP contribution in [0.1, 0.15) is 31.9 Å². The number of piperazine rings is 1. The van der Waals surface area contributed by atoms with Crippen molar-refractivity contribution in [2.45, 2.75) is 26.3 Å². The molecule has 174 valence electrons. The van der Waals surface area contributed by atoms with Gasteiger partial charge in [-0.15, -0.1) is 0 Å².